The summed E-state index contributed by atoms with van der Waals surface area (Å²) in [5.41, 5.74) is -0.0446. The van der Waals surface area contributed by atoms with Crippen molar-refractivity contribution in [1.29, 1.82) is 0 Å². The zero-order chi connectivity index (χ0) is 11.5. The van der Waals surface area contributed by atoms with Gasteiger partial charge in [-0.05, 0) is 18.2 Å². The Hall–Kier alpha value is -1.60. The van der Waals surface area contributed by atoms with E-state index in [0.29, 0.717) is 0 Å². The predicted molar refractivity (Wildman–Crippen MR) is 50.1 cm³/mol. The molecule has 6 nitrogen and oxygen atoms in total. The predicted octanol–water partition coefficient (Wildman–Crippen LogP) is 0.315. The highest BCUT2D eigenvalue weighted by atomic mass is 32.2. The maximum absolute atomic E-state index is 10.6. The van der Waals surface area contributed by atoms with E-state index in [1.807, 2.05) is 0 Å². The fourth-order valence-electron chi connectivity index (χ4n) is 1.00. The number of hydrogen-bond donors (Lipinski definition) is 2. The summed E-state index contributed by atoms with van der Waals surface area (Å²) in [6.45, 7) is 0.170. The third kappa shape index (κ3) is 3.56. The molecule has 0 saturated heterocycles. The Kier molecular flexibility index (Phi) is 3.28. The lowest BCUT2D eigenvalue weighted by molar-refractivity contribution is -0.120. The van der Waals surface area contributed by atoms with Crippen molar-refractivity contribution in [2.24, 2.45) is 0 Å². The van der Waals surface area contributed by atoms with Crippen LogP contribution < -0.4 is 4.74 Å². The van der Waals surface area contributed by atoms with E-state index < -0.39 is 15.9 Å². The van der Waals surface area contributed by atoms with Crippen LogP contribution in [0, 0.1) is 0 Å². The maximum Gasteiger partial charge on any atom is 0.298 e. The Morgan fingerprint density at radius 1 is 1.40 bits per heavy atom. The number of ether oxygens (including phenoxy) is 1. The molecule has 0 amide bonds. The fourth-order valence-corrected chi connectivity index (χ4v) is 1.63. The molecule has 2 N–H and O–H groups in total. The molecule has 0 heterocycles. The fraction of sp³-hybridized carbons (Fsp3) is 0.125. The molecule has 7 heteroatoms. The lowest BCUT2D eigenvalue weighted by Gasteiger charge is -2.04. The Labute approximate surface area is 85.9 Å². The summed E-state index contributed by atoms with van der Waals surface area (Å²) in [7, 11) is -4.24. The van der Waals surface area contributed by atoms with E-state index in [4.69, 9.17) is 4.55 Å². The van der Waals surface area contributed by atoms with Crippen LogP contribution in [0.5, 0.6) is 11.5 Å². The Morgan fingerprint density at radius 2 is 2.07 bits per heavy atom. The first kappa shape index (κ1) is 11.5. The van der Waals surface area contributed by atoms with Crippen LogP contribution >= 0.6 is 0 Å². The third-order valence-corrected chi connectivity index (χ3v) is 2.25. The van der Waals surface area contributed by atoms with Gasteiger partial charge in [0.25, 0.3) is 16.6 Å². The van der Waals surface area contributed by atoms with Gasteiger partial charge in [-0.25, -0.2) is 0 Å². The minimum absolute atomic E-state index is 0.0446. The largest absolute Gasteiger partial charge is 0.508 e. The van der Waals surface area contributed by atoms with E-state index >= 15 is 0 Å². The average Bonchev–Trinajstić information content (AvgIpc) is 2.09. The standard InChI is InChI=1S/C8H8O6S/c9-5-14-7-1-2-8(10)6(3-7)4-15(11,12)13/h1-3,5,10H,4H2,(H,11,12,13). The molecule has 0 unspecified atom stereocenters. The second-order valence-corrected chi connectivity index (χ2v) is 4.18. The summed E-state index contributed by atoms with van der Waals surface area (Å²) in [4.78, 5) is 10.0. The number of hydrogen-bond acceptors (Lipinski definition) is 5. The van der Waals surface area contributed by atoms with Gasteiger partial charge in [-0.2, -0.15) is 8.42 Å². The Balaban J connectivity index is 3.05. The molecule has 0 aliphatic carbocycles. The minimum atomic E-state index is -4.24. The van der Waals surface area contributed by atoms with Gasteiger partial charge in [0.15, 0.2) is 0 Å². The lowest BCUT2D eigenvalue weighted by atomic mass is 10.2. The van der Waals surface area contributed by atoms with Crippen LogP contribution in [0.3, 0.4) is 0 Å². The molecule has 0 atom stereocenters. The maximum atomic E-state index is 10.6. The molecule has 0 spiro atoms. The summed E-state index contributed by atoms with van der Waals surface area (Å²) in [5, 5.41) is 9.25. The van der Waals surface area contributed by atoms with E-state index in [-0.39, 0.29) is 23.5 Å². The number of rotatable bonds is 4. The van der Waals surface area contributed by atoms with Crippen molar-refractivity contribution in [3.63, 3.8) is 0 Å². The summed E-state index contributed by atoms with van der Waals surface area (Å²) < 4.78 is 34.1. The van der Waals surface area contributed by atoms with Crippen molar-refractivity contribution in [1.82, 2.24) is 0 Å². The zero-order valence-corrected chi connectivity index (χ0v) is 8.27. The first-order valence-electron chi connectivity index (χ1n) is 3.80. The van der Waals surface area contributed by atoms with E-state index in [0.717, 1.165) is 6.07 Å². The smallest absolute Gasteiger partial charge is 0.298 e. The van der Waals surface area contributed by atoms with Crippen LogP contribution in [0.4, 0.5) is 0 Å². The summed E-state index contributed by atoms with van der Waals surface area (Å²) >= 11 is 0. The van der Waals surface area contributed by atoms with Crippen LogP contribution in [0.15, 0.2) is 18.2 Å². The highest BCUT2D eigenvalue weighted by Crippen LogP contribution is 2.24. The van der Waals surface area contributed by atoms with E-state index in [1.54, 1.807) is 0 Å². The van der Waals surface area contributed by atoms with Gasteiger partial charge in [0.2, 0.25) is 0 Å². The first-order chi connectivity index (χ1) is 6.92. The molecule has 0 radical (unpaired) electrons. The van der Waals surface area contributed by atoms with E-state index in [9.17, 15) is 18.3 Å². The topological polar surface area (TPSA) is 101 Å². The van der Waals surface area contributed by atoms with Crippen LogP contribution in [0.25, 0.3) is 0 Å². The van der Waals surface area contributed by atoms with E-state index in [2.05, 4.69) is 4.74 Å². The lowest BCUT2D eigenvalue weighted by Crippen LogP contribution is -2.02. The molecule has 0 aliphatic heterocycles. The number of carbonyl (C=O) groups is 1. The molecular weight excluding hydrogens is 224 g/mol. The monoisotopic (exact) mass is 232 g/mol. The van der Waals surface area contributed by atoms with Crippen molar-refractivity contribution in [3.8, 4) is 11.5 Å². The molecule has 0 saturated carbocycles. The van der Waals surface area contributed by atoms with Crippen molar-refractivity contribution in [3.05, 3.63) is 23.8 Å². The molecule has 82 valence electrons. The number of phenols is 1. The molecule has 0 bridgehead atoms. The molecule has 0 aromatic heterocycles. The van der Waals surface area contributed by atoms with Crippen molar-refractivity contribution in [2.45, 2.75) is 5.75 Å². The van der Waals surface area contributed by atoms with Gasteiger partial charge in [0, 0.05) is 5.56 Å². The van der Waals surface area contributed by atoms with Crippen LogP contribution in [0.1, 0.15) is 5.56 Å². The van der Waals surface area contributed by atoms with Crippen molar-refractivity contribution >= 4 is 16.6 Å². The quantitative estimate of drug-likeness (QED) is 0.572. The van der Waals surface area contributed by atoms with Gasteiger partial charge in [-0.15, -0.1) is 0 Å². The van der Waals surface area contributed by atoms with E-state index in [1.165, 1.54) is 12.1 Å². The summed E-state index contributed by atoms with van der Waals surface area (Å²) in [5.74, 6) is -0.957. The first-order valence-corrected chi connectivity index (χ1v) is 5.40. The van der Waals surface area contributed by atoms with Gasteiger partial charge in [0.1, 0.15) is 17.3 Å². The normalized spacial score (nSPS) is 11.0. The van der Waals surface area contributed by atoms with Crippen LogP contribution in [-0.4, -0.2) is 24.5 Å². The molecular formula is C8H8O6S. The molecule has 1 aromatic carbocycles. The summed E-state index contributed by atoms with van der Waals surface area (Å²) in [6, 6.07) is 3.61. The second-order valence-electron chi connectivity index (χ2n) is 2.73. The second kappa shape index (κ2) is 4.28. The minimum Gasteiger partial charge on any atom is -0.508 e. The Bertz CT molecular complexity index is 464. The zero-order valence-electron chi connectivity index (χ0n) is 7.45. The molecule has 15 heavy (non-hydrogen) atoms. The molecule has 1 rings (SSSR count). The van der Waals surface area contributed by atoms with Gasteiger partial charge in [-0.1, -0.05) is 0 Å². The number of benzene rings is 1. The SMILES string of the molecule is O=COc1ccc(O)c(CS(=O)(=O)O)c1. The van der Waals surface area contributed by atoms with Gasteiger partial charge >= 0.3 is 0 Å². The highest BCUT2D eigenvalue weighted by molar-refractivity contribution is 7.85. The Morgan fingerprint density at radius 3 is 2.60 bits per heavy atom. The number of carbonyl (C=O) groups excluding carboxylic acids is 1. The molecule has 0 aliphatic rings. The summed E-state index contributed by atoms with van der Waals surface area (Å²) in [6.07, 6.45) is 0. The van der Waals surface area contributed by atoms with Crippen molar-refractivity contribution in [2.75, 3.05) is 0 Å². The van der Waals surface area contributed by atoms with Crippen molar-refractivity contribution < 1.29 is 27.6 Å². The third-order valence-electron chi connectivity index (χ3n) is 1.57. The highest BCUT2D eigenvalue weighted by Gasteiger charge is 2.11. The van der Waals surface area contributed by atoms with Gasteiger partial charge in [-0.3, -0.25) is 9.35 Å². The molecule has 1 aromatic rings. The van der Waals surface area contributed by atoms with Crippen LogP contribution in [0.2, 0.25) is 0 Å². The van der Waals surface area contributed by atoms with Gasteiger partial charge < -0.3 is 9.84 Å². The number of aromatic hydroxyl groups is 1. The van der Waals surface area contributed by atoms with Crippen LogP contribution in [-0.2, 0) is 20.7 Å². The van der Waals surface area contributed by atoms with Gasteiger partial charge in [0.05, 0.1) is 0 Å². The average molecular weight is 232 g/mol. The number of phenolic OH excluding ortho intramolecular Hbond substituents is 1. The molecule has 0 fully saturated rings.